The van der Waals surface area contributed by atoms with Crippen molar-refractivity contribution in [3.63, 3.8) is 0 Å². The van der Waals surface area contributed by atoms with Gasteiger partial charge in [-0.2, -0.15) is 0 Å². The Morgan fingerprint density at radius 1 is 0.947 bits per heavy atom. The summed E-state index contributed by atoms with van der Waals surface area (Å²) in [5.74, 6) is -0.166. The molecule has 0 saturated heterocycles. The summed E-state index contributed by atoms with van der Waals surface area (Å²) in [6.45, 7) is 7.63. The molecule has 2 aromatic rings. The van der Waals surface area contributed by atoms with Gasteiger partial charge in [0.1, 0.15) is 6.33 Å². The minimum absolute atomic E-state index is 0.166. The summed E-state index contributed by atoms with van der Waals surface area (Å²) in [6, 6.07) is 5.95. The zero-order valence-electron chi connectivity index (χ0n) is 11.6. The molecule has 1 amide bonds. The monoisotopic (exact) mass is 255 g/mol. The minimum atomic E-state index is -0.166. The summed E-state index contributed by atoms with van der Waals surface area (Å²) >= 11 is 0. The molecule has 2 rings (SSSR count). The lowest BCUT2D eigenvalue weighted by Crippen LogP contribution is -2.16. The third-order valence-electron chi connectivity index (χ3n) is 2.93. The highest BCUT2D eigenvalue weighted by atomic mass is 16.1. The molecule has 0 fully saturated rings. The maximum atomic E-state index is 12.3. The van der Waals surface area contributed by atoms with Crippen molar-refractivity contribution in [2.24, 2.45) is 0 Å². The van der Waals surface area contributed by atoms with E-state index in [0.29, 0.717) is 17.0 Å². The second kappa shape index (κ2) is 5.18. The van der Waals surface area contributed by atoms with Crippen LogP contribution in [0.1, 0.15) is 32.9 Å². The Morgan fingerprint density at radius 2 is 1.47 bits per heavy atom. The molecule has 1 aromatic heterocycles. The van der Waals surface area contributed by atoms with Gasteiger partial charge < -0.3 is 5.32 Å². The highest BCUT2D eigenvalue weighted by Gasteiger charge is 2.14. The van der Waals surface area contributed by atoms with Crippen LogP contribution >= 0.6 is 0 Å². The molecule has 1 heterocycles. The second-order valence-electron chi connectivity index (χ2n) is 4.75. The minimum Gasteiger partial charge on any atom is -0.322 e. The van der Waals surface area contributed by atoms with Gasteiger partial charge in [-0.05, 0) is 51.0 Å². The van der Waals surface area contributed by atoms with E-state index in [2.05, 4.69) is 21.4 Å². The summed E-state index contributed by atoms with van der Waals surface area (Å²) < 4.78 is 0. The van der Waals surface area contributed by atoms with Gasteiger partial charge >= 0.3 is 0 Å². The summed E-state index contributed by atoms with van der Waals surface area (Å²) in [5, 5.41) is 2.90. The van der Waals surface area contributed by atoms with Gasteiger partial charge in [-0.15, -0.1) is 0 Å². The van der Waals surface area contributed by atoms with Crippen molar-refractivity contribution in [2.45, 2.75) is 27.7 Å². The largest absolute Gasteiger partial charge is 0.322 e. The van der Waals surface area contributed by atoms with Gasteiger partial charge in [-0.25, -0.2) is 9.97 Å². The third-order valence-corrected chi connectivity index (χ3v) is 2.93. The quantitative estimate of drug-likeness (QED) is 0.897. The van der Waals surface area contributed by atoms with Crippen LogP contribution in [0.5, 0.6) is 0 Å². The fourth-order valence-corrected chi connectivity index (χ4v) is 2.16. The predicted molar refractivity (Wildman–Crippen MR) is 75.4 cm³/mol. The van der Waals surface area contributed by atoms with E-state index < -0.39 is 0 Å². The number of carbonyl (C=O) groups excluding carboxylic acids is 1. The Balaban J connectivity index is 2.31. The number of nitrogens with zero attached hydrogens (tertiary/aromatic N) is 2. The van der Waals surface area contributed by atoms with E-state index in [9.17, 15) is 4.79 Å². The fraction of sp³-hybridized carbons (Fsp3) is 0.267. The first kappa shape index (κ1) is 13.2. The van der Waals surface area contributed by atoms with Crippen molar-refractivity contribution in [3.8, 4) is 0 Å². The number of hydrogen-bond acceptors (Lipinski definition) is 3. The van der Waals surface area contributed by atoms with E-state index in [4.69, 9.17) is 0 Å². The van der Waals surface area contributed by atoms with E-state index in [1.807, 2.05) is 39.8 Å². The van der Waals surface area contributed by atoms with Crippen LogP contribution in [0.25, 0.3) is 0 Å². The van der Waals surface area contributed by atoms with Crippen LogP contribution in [0.15, 0.2) is 24.5 Å². The van der Waals surface area contributed by atoms with Crippen molar-refractivity contribution in [2.75, 3.05) is 5.32 Å². The molecule has 0 saturated carbocycles. The van der Waals surface area contributed by atoms with Crippen LogP contribution in [-0.2, 0) is 0 Å². The van der Waals surface area contributed by atoms with Gasteiger partial charge in [0, 0.05) is 5.69 Å². The second-order valence-corrected chi connectivity index (χ2v) is 4.75. The van der Waals surface area contributed by atoms with Gasteiger partial charge in [-0.1, -0.05) is 6.07 Å². The number of nitrogens with one attached hydrogen (secondary N) is 1. The standard InChI is InChI=1S/C15H17N3O/c1-9-5-10(2)7-13(6-9)18-15(19)14-11(3)16-8-17-12(14)4/h5-8H,1-4H3,(H,18,19). The topological polar surface area (TPSA) is 54.9 Å². The van der Waals surface area contributed by atoms with Crippen molar-refractivity contribution >= 4 is 11.6 Å². The van der Waals surface area contributed by atoms with Crippen LogP contribution in [-0.4, -0.2) is 15.9 Å². The summed E-state index contributed by atoms with van der Waals surface area (Å²) in [7, 11) is 0. The lowest BCUT2D eigenvalue weighted by Gasteiger charge is -2.10. The number of rotatable bonds is 2. The number of anilines is 1. The molecule has 19 heavy (non-hydrogen) atoms. The van der Waals surface area contributed by atoms with Gasteiger partial charge in [-0.3, -0.25) is 4.79 Å². The molecule has 4 heteroatoms. The van der Waals surface area contributed by atoms with Gasteiger partial charge in [0.2, 0.25) is 0 Å². The normalized spacial score (nSPS) is 10.3. The van der Waals surface area contributed by atoms with Crippen molar-refractivity contribution in [3.05, 3.63) is 52.6 Å². The number of aryl methyl sites for hydroxylation is 4. The predicted octanol–water partition coefficient (Wildman–Crippen LogP) is 2.96. The molecule has 0 spiro atoms. The molecule has 98 valence electrons. The molecule has 4 nitrogen and oxygen atoms in total. The number of amides is 1. The van der Waals surface area contributed by atoms with Crippen LogP contribution in [0.3, 0.4) is 0 Å². The first-order valence-electron chi connectivity index (χ1n) is 6.15. The lowest BCUT2D eigenvalue weighted by atomic mass is 10.1. The Morgan fingerprint density at radius 3 is 2.00 bits per heavy atom. The molecular weight excluding hydrogens is 238 g/mol. The van der Waals surface area contributed by atoms with Crippen molar-refractivity contribution in [1.82, 2.24) is 9.97 Å². The molecule has 0 aliphatic heterocycles. The molecule has 1 aromatic carbocycles. The molecule has 0 radical (unpaired) electrons. The average Bonchev–Trinajstić information content (AvgIpc) is 2.26. The van der Waals surface area contributed by atoms with Crippen molar-refractivity contribution < 1.29 is 4.79 Å². The number of carbonyl (C=O) groups is 1. The van der Waals surface area contributed by atoms with E-state index in [0.717, 1.165) is 16.8 Å². The summed E-state index contributed by atoms with van der Waals surface area (Å²) in [6.07, 6.45) is 1.47. The molecule has 0 aliphatic carbocycles. The zero-order valence-corrected chi connectivity index (χ0v) is 11.6. The van der Waals surface area contributed by atoms with Gasteiger partial charge in [0.15, 0.2) is 0 Å². The van der Waals surface area contributed by atoms with Crippen LogP contribution < -0.4 is 5.32 Å². The molecule has 0 aliphatic rings. The molecule has 0 unspecified atom stereocenters. The molecular formula is C15H17N3O. The van der Waals surface area contributed by atoms with E-state index in [-0.39, 0.29) is 5.91 Å². The summed E-state index contributed by atoms with van der Waals surface area (Å²) in [5.41, 5.74) is 4.96. The average molecular weight is 255 g/mol. The van der Waals surface area contributed by atoms with Crippen LogP contribution in [0, 0.1) is 27.7 Å². The Kier molecular flexibility index (Phi) is 3.60. The van der Waals surface area contributed by atoms with Gasteiger partial charge in [0.05, 0.1) is 17.0 Å². The fourth-order valence-electron chi connectivity index (χ4n) is 2.16. The Hall–Kier alpha value is -2.23. The van der Waals surface area contributed by atoms with E-state index >= 15 is 0 Å². The molecule has 0 atom stereocenters. The number of hydrogen-bond donors (Lipinski definition) is 1. The Labute approximate surface area is 112 Å². The zero-order chi connectivity index (χ0) is 14.0. The van der Waals surface area contributed by atoms with E-state index in [1.54, 1.807) is 0 Å². The number of benzene rings is 1. The molecule has 1 N–H and O–H groups in total. The first-order valence-corrected chi connectivity index (χ1v) is 6.15. The number of aromatic nitrogens is 2. The van der Waals surface area contributed by atoms with Gasteiger partial charge in [0.25, 0.3) is 5.91 Å². The smallest absolute Gasteiger partial charge is 0.259 e. The van der Waals surface area contributed by atoms with Crippen molar-refractivity contribution in [1.29, 1.82) is 0 Å². The van der Waals surface area contributed by atoms with Crippen LogP contribution in [0.4, 0.5) is 5.69 Å². The third kappa shape index (κ3) is 2.96. The maximum Gasteiger partial charge on any atom is 0.259 e. The van der Waals surface area contributed by atoms with E-state index in [1.165, 1.54) is 6.33 Å². The highest BCUT2D eigenvalue weighted by Crippen LogP contribution is 2.16. The highest BCUT2D eigenvalue weighted by molar-refractivity contribution is 6.05. The lowest BCUT2D eigenvalue weighted by molar-refractivity contribution is 0.102. The SMILES string of the molecule is Cc1cc(C)cc(NC(=O)c2c(C)ncnc2C)c1. The Bertz CT molecular complexity index is 595. The molecule has 0 bridgehead atoms. The first-order chi connectivity index (χ1) is 8.97. The summed E-state index contributed by atoms with van der Waals surface area (Å²) in [4.78, 5) is 20.4. The maximum absolute atomic E-state index is 12.3. The van der Waals surface area contributed by atoms with Crippen LogP contribution in [0.2, 0.25) is 0 Å².